The van der Waals surface area contributed by atoms with Gasteiger partial charge in [0.2, 0.25) is 0 Å². The predicted octanol–water partition coefficient (Wildman–Crippen LogP) is 1.22. The maximum atomic E-state index is 10.5. The Balaban J connectivity index is 1.38. The van der Waals surface area contributed by atoms with E-state index in [1.807, 2.05) is 38.1 Å². The second-order valence-electron chi connectivity index (χ2n) is 9.90. The molecule has 13 nitrogen and oxygen atoms in total. The molecule has 1 aliphatic heterocycles. The van der Waals surface area contributed by atoms with Crippen molar-refractivity contribution >= 4 is 0 Å². The highest BCUT2D eigenvalue weighted by Crippen LogP contribution is 2.47. The number of aliphatic hydroxyl groups excluding tert-OH is 2. The first-order valence-corrected chi connectivity index (χ1v) is 12.8. The van der Waals surface area contributed by atoms with Gasteiger partial charge in [0.15, 0.2) is 0 Å². The van der Waals surface area contributed by atoms with E-state index in [4.69, 9.17) is 24.2 Å². The average molecular weight is 535 g/mol. The van der Waals surface area contributed by atoms with Crippen molar-refractivity contribution in [1.29, 1.82) is 0 Å². The molecule has 39 heavy (non-hydrogen) atoms. The van der Waals surface area contributed by atoms with E-state index in [-0.39, 0.29) is 39.5 Å². The van der Waals surface area contributed by atoms with Gasteiger partial charge >= 0.3 is 0 Å². The maximum Gasteiger partial charge on any atom is 0.116 e. The Hall–Kier alpha value is -3.62. The largest absolute Gasteiger partial charge is 0.394 e. The maximum absolute atomic E-state index is 10.5. The molecule has 4 aromatic rings. The molecule has 4 aromatic heterocycles. The average Bonchev–Trinajstić information content (AvgIpc) is 3.57. The molecule has 4 atom stereocenters. The quantitative estimate of drug-likeness (QED) is 0.362. The van der Waals surface area contributed by atoms with Crippen LogP contribution in [-0.2, 0) is 40.5 Å². The molecule has 13 heteroatoms. The van der Waals surface area contributed by atoms with Gasteiger partial charge in [0.05, 0.1) is 69.4 Å². The van der Waals surface area contributed by atoms with Crippen molar-refractivity contribution in [3.8, 4) is 11.4 Å². The van der Waals surface area contributed by atoms with E-state index in [1.54, 1.807) is 21.8 Å². The zero-order valence-corrected chi connectivity index (χ0v) is 21.7. The fourth-order valence-electron chi connectivity index (χ4n) is 4.88. The molecule has 0 fully saturated rings. The van der Waals surface area contributed by atoms with Crippen LogP contribution in [-0.4, -0.2) is 75.6 Å². The highest BCUT2D eigenvalue weighted by atomic mass is 16.5. The predicted molar refractivity (Wildman–Crippen MR) is 135 cm³/mol. The van der Waals surface area contributed by atoms with Gasteiger partial charge in [0.25, 0.3) is 0 Å². The molecule has 1 aliphatic carbocycles. The minimum absolute atomic E-state index is 0.0153. The van der Waals surface area contributed by atoms with E-state index in [2.05, 4.69) is 20.6 Å². The molecule has 0 radical (unpaired) electrons. The minimum Gasteiger partial charge on any atom is -0.394 e. The summed E-state index contributed by atoms with van der Waals surface area (Å²) in [4.78, 5) is 9.64. The van der Waals surface area contributed by atoms with Crippen LogP contribution in [0.25, 0.3) is 11.4 Å². The normalized spacial score (nSPS) is 23.7. The summed E-state index contributed by atoms with van der Waals surface area (Å²) in [6, 6.07) is 7.92. The topological polar surface area (TPSA) is 155 Å². The number of aryl methyl sites for hydroxylation is 2. The zero-order chi connectivity index (χ0) is 26.9. The Bertz CT molecular complexity index is 1460. The van der Waals surface area contributed by atoms with Crippen LogP contribution in [0.4, 0.5) is 0 Å². The zero-order valence-electron chi connectivity index (χ0n) is 21.7. The van der Waals surface area contributed by atoms with E-state index < -0.39 is 24.4 Å². The summed E-state index contributed by atoms with van der Waals surface area (Å²) in [6.07, 6.45) is 1.08. The number of aromatic nitrogens is 8. The summed E-state index contributed by atoms with van der Waals surface area (Å²) in [5, 5.41) is 37.0. The molecule has 0 spiro atoms. The second-order valence-corrected chi connectivity index (χ2v) is 9.90. The molecule has 2 aliphatic rings. The number of pyridine rings is 2. The van der Waals surface area contributed by atoms with Crippen LogP contribution in [0, 0.1) is 13.8 Å². The van der Waals surface area contributed by atoms with Crippen molar-refractivity contribution < 1.29 is 24.4 Å². The first kappa shape index (κ1) is 25.6. The van der Waals surface area contributed by atoms with Crippen molar-refractivity contribution in [2.24, 2.45) is 0 Å². The minimum atomic E-state index is -0.843. The summed E-state index contributed by atoms with van der Waals surface area (Å²) < 4.78 is 21.8. The lowest BCUT2D eigenvalue weighted by Crippen LogP contribution is -2.30. The van der Waals surface area contributed by atoms with Crippen LogP contribution >= 0.6 is 0 Å². The first-order chi connectivity index (χ1) is 19.0. The lowest BCUT2D eigenvalue weighted by atomic mass is 9.87. The number of hydrogen-bond acceptors (Lipinski definition) is 11. The Morgan fingerprint density at radius 1 is 0.795 bits per heavy atom. The highest BCUT2D eigenvalue weighted by molar-refractivity contribution is 5.68. The van der Waals surface area contributed by atoms with Crippen LogP contribution in [0.2, 0.25) is 0 Å². The van der Waals surface area contributed by atoms with Crippen LogP contribution in [0.3, 0.4) is 0 Å². The van der Waals surface area contributed by atoms with Crippen LogP contribution in [0.15, 0.2) is 36.7 Å². The number of nitrogens with zero attached hydrogens (tertiary/aromatic N) is 8. The van der Waals surface area contributed by atoms with Gasteiger partial charge < -0.3 is 24.4 Å². The van der Waals surface area contributed by atoms with Gasteiger partial charge in [-0.15, -0.1) is 10.2 Å². The third kappa shape index (κ3) is 5.44. The third-order valence-corrected chi connectivity index (χ3v) is 6.75. The fraction of sp³-hybridized carbons (Fsp3) is 0.462. The molecule has 6 rings (SSSR count). The molecule has 4 bridgehead atoms. The number of ether oxygens (including phenoxy) is 3. The van der Waals surface area contributed by atoms with Crippen LogP contribution in [0.1, 0.15) is 46.1 Å². The van der Waals surface area contributed by atoms with Crippen molar-refractivity contribution in [3.05, 3.63) is 70.6 Å². The molecule has 2 N–H and O–H groups in total. The lowest BCUT2D eigenvalue weighted by Gasteiger charge is -2.34. The van der Waals surface area contributed by atoms with Crippen LogP contribution in [0.5, 0.6) is 0 Å². The summed E-state index contributed by atoms with van der Waals surface area (Å²) in [5.74, 6) is 0. The number of rotatable bonds is 1. The second kappa shape index (κ2) is 10.9. The first-order valence-electron chi connectivity index (χ1n) is 12.8. The Kier molecular flexibility index (Phi) is 7.14. The molecular formula is C26H30N8O5. The Morgan fingerprint density at radius 3 is 1.87 bits per heavy atom. The third-order valence-electron chi connectivity index (χ3n) is 6.75. The molecule has 0 aromatic carbocycles. The van der Waals surface area contributed by atoms with E-state index in [0.29, 0.717) is 11.4 Å². The van der Waals surface area contributed by atoms with Crippen molar-refractivity contribution in [2.75, 3.05) is 13.2 Å². The van der Waals surface area contributed by atoms with Crippen molar-refractivity contribution in [1.82, 2.24) is 40.0 Å². The highest BCUT2D eigenvalue weighted by Gasteiger charge is 2.38. The van der Waals surface area contributed by atoms with E-state index >= 15 is 0 Å². The molecule has 204 valence electrons. The van der Waals surface area contributed by atoms with Gasteiger partial charge in [-0.2, -0.15) is 0 Å². The molecule has 0 saturated carbocycles. The smallest absolute Gasteiger partial charge is 0.116 e. The standard InChI is InChI=1S/C26H30N8O5/c1-15-3-5-21-23(27-15)24-22(6-4-16(2)28-24)26-25(21)38-12-17-7-33(31-29-17)9-19(36)14-37-20(11-35)10-34-8-18(13-39-26)30-32-34/h3-8,19-20,25-26,35-36H,9-14H2,1-2H3. The van der Waals surface area contributed by atoms with E-state index in [0.717, 1.165) is 33.9 Å². The summed E-state index contributed by atoms with van der Waals surface area (Å²) in [7, 11) is 0. The van der Waals surface area contributed by atoms with Gasteiger partial charge in [0.1, 0.15) is 29.7 Å². The van der Waals surface area contributed by atoms with E-state index in [1.165, 1.54) is 0 Å². The Morgan fingerprint density at radius 2 is 1.33 bits per heavy atom. The molecule has 4 unspecified atom stereocenters. The van der Waals surface area contributed by atoms with Crippen molar-refractivity contribution in [2.45, 2.75) is 64.6 Å². The number of fused-ring (bicyclic) bond motifs is 10. The van der Waals surface area contributed by atoms with Gasteiger partial charge in [-0.3, -0.25) is 9.97 Å². The fourth-order valence-corrected chi connectivity index (χ4v) is 4.88. The SMILES string of the molecule is Cc1ccc2c(n1)-c1nc(C)ccc1C1OCc3cn(nn3)CC(CO)OCC(O)Cn3cc(nn3)COC21. The molecule has 0 saturated heterocycles. The summed E-state index contributed by atoms with van der Waals surface area (Å²) in [6.45, 7) is 4.47. The lowest BCUT2D eigenvalue weighted by molar-refractivity contribution is -0.0934. The molecule has 5 heterocycles. The molecular weight excluding hydrogens is 504 g/mol. The number of aliphatic hydroxyl groups is 2. The Labute approximate surface area is 224 Å². The summed E-state index contributed by atoms with van der Waals surface area (Å²) >= 11 is 0. The van der Waals surface area contributed by atoms with Gasteiger partial charge in [0, 0.05) is 22.5 Å². The van der Waals surface area contributed by atoms with Crippen LogP contribution < -0.4 is 0 Å². The van der Waals surface area contributed by atoms with Gasteiger partial charge in [-0.05, 0) is 26.0 Å². The van der Waals surface area contributed by atoms with Gasteiger partial charge in [-0.1, -0.05) is 22.6 Å². The van der Waals surface area contributed by atoms with Crippen molar-refractivity contribution in [3.63, 3.8) is 0 Å². The van der Waals surface area contributed by atoms with Gasteiger partial charge in [-0.25, -0.2) is 9.36 Å². The number of hydrogen-bond donors (Lipinski definition) is 2. The summed E-state index contributed by atoms with van der Waals surface area (Å²) in [5.41, 5.74) is 6.27. The van der Waals surface area contributed by atoms with E-state index in [9.17, 15) is 10.2 Å². The monoisotopic (exact) mass is 534 g/mol. The molecule has 0 amide bonds.